The Bertz CT molecular complexity index is 150. The van der Waals surface area contributed by atoms with E-state index in [2.05, 4.69) is 32.6 Å². The van der Waals surface area contributed by atoms with E-state index in [1.54, 1.807) is 0 Å². The maximum atomic E-state index is 9.71. The van der Waals surface area contributed by atoms with Crippen LogP contribution in [-0.2, 0) is 0 Å². The largest absolute Gasteiger partial charge is 0.393 e. The second-order valence-electron chi connectivity index (χ2n) is 5.28. The Morgan fingerprint density at radius 3 is 2.23 bits per heavy atom. The van der Waals surface area contributed by atoms with Gasteiger partial charge < -0.3 is 5.11 Å². The van der Waals surface area contributed by atoms with Gasteiger partial charge in [0.25, 0.3) is 0 Å². The normalized spacial score (nSPS) is 33.0. The Morgan fingerprint density at radius 2 is 1.69 bits per heavy atom. The van der Waals surface area contributed by atoms with Crippen LogP contribution in [0.3, 0.4) is 0 Å². The van der Waals surface area contributed by atoms with Crippen LogP contribution >= 0.6 is 0 Å². The number of aliphatic hydroxyl groups excluding tert-OH is 1. The molecule has 0 aromatic carbocycles. The first-order valence-electron chi connectivity index (χ1n) is 5.34. The molecular weight excluding hydrogens is 162 g/mol. The van der Waals surface area contributed by atoms with E-state index in [0.717, 1.165) is 25.9 Å². The van der Waals surface area contributed by atoms with E-state index in [4.69, 9.17) is 0 Å². The summed E-state index contributed by atoms with van der Waals surface area (Å²) >= 11 is 0. The van der Waals surface area contributed by atoms with E-state index in [9.17, 15) is 5.11 Å². The fourth-order valence-corrected chi connectivity index (χ4v) is 1.91. The minimum absolute atomic E-state index is 0.0904. The van der Waals surface area contributed by atoms with Gasteiger partial charge in [0.05, 0.1) is 6.10 Å². The first-order chi connectivity index (χ1) is 5.91. The van der Waals surface area contributed by atoms with Gasteiger partial charge in [-0.15, -0.1) is 0 Å². The lowest BCUT2D eigenvalue weighted by Crippen LogP contribution is -2.42. The Kier molecular flexibility index (Phi) is 3.36. The third-order valence-corrected chi connectivity index (χ3v) is 3.15. The second-order valence-corrected chi connectivity index (χ2v) is 5.28. The maximum Gasteiger partial charge on any atom is 0.0578 e. The Balaban J connectivity index is 2.54. The molecule has 1 fully saturated rings. The third-order valence-electron chi connectivity index (χ3n) is 3.15. The molecule has 1 aliphatic rings. The molecule has 2 heteroatoms. The van der Waals surface area contributed by atoms with Crippen molar-refractivity contribution in [2.75, 3.05) is 13.1 Å². The summed E-state index contributed by atoms with van der Waals surface area (Å²) in [6.07, 6.45) is 1.96. The number of rotatable bonds is 0. The molecule has 78 valence electrons. The predicted octanol–water partition coefficient (Wildman–Crippen LogP) is 1.88. The van der Waals surface area contributed by atoms with E-state index in [1.807, 2.05) is 0 Å². The van der Waals surface area contributed by atoms with Crippen molar-refractivity contribution in [3.63, 3.8) is 0 Å². The van der Waals surface area contributed by atoms with Crippen molar-refractivity contribution in [1.29, 1.82) is 0 Å². The van der Waals surface area contributed by atoms with Gasteiger partial charge in [0, 0.05) is 12.1 Å². The Morgan fingerprint density at radius 1 is 1.15 bits per heavy atom. The number of hydrogen-bond donors (Lipinski definition) is 1. The van der Waals surface area contributed by atoms with Gasteiger partial charge in [-0.25, -0.2) is 0 Å². The molecule has 0 aliphatic carbocycles. The quantitative estimate of drug-likeness (QED) is 0.623. The first-order valence-corrected chi connectivity index (χ1v) is 5.34. The topological polar surface area (TPSA) is 23.5 Å². The van der Waals surface area contributed by atoms with Crippen LogP contribution in [0.15, 0.2) is 0 Å². The average molecular weight is 185 g/mol. The van der Waals surface area contributed by atoms with Crippen LogP contribution in [0.5, 0.6) is 0 Å². The highest BCUT2D eigenvalue weighted by molar-refractivity contribution is 4.81. The van der Waals surface area contributed by atoms with Gasteiger partial charge in [-0.1, -0.05) is 6.92 Å². The number of likely N-dealkylation sites (tertiary alicyclic amines) is 1. The summed E-state index contributed by atoms with van der Waals surface area (Å²) in [7, 11) is 0. The van der Waals surface area contributed by atoms with Gasteiger partial charge in [0.15, 0.2) is 0 Å². The molecule has 0 aromatic rings. The molecule has 0 spiro atoms. The third kappa shape index (κ3) is 2.96. The molecule has 0 saturated carbocycles. The minimum atomic E-state index is -0.0904. The molecule has 1 heterocycles. The highest BCUT2D eigenvalue weighted by Crippen LogP contribution is 2.22. The lowest BCUT2D eigenvalue weighted by Gasteiger charge is -2.34. The molecule has 0 bridgehead atoms. The summed E-state index contributed by atoms with van der Waals surface area (Å²) in [5.74, 6) is 0.465. The smallest absolute Gasteiger partial charge is 0.0578 e. The highest BCUT2D eigenvalue weighted by Gasteiger charge is 2.27. The summed E-state index contributed by atoms with van der Waals surface area (Å²) in [4.78, 5) is 2.47. The number of aliphatic hydroxyl groups is 1. The molecule has 2 nitrogen and oxygen atoms in total. The van der Waals surface area contributed by atoms with Gasteiger partial charge in [-0.05, 0) is 46.1 Å². The summed E-state index contributed by atoms with van der Waals surface area (Å²) in [5.41, 5.74) is 0.254. The van der Waals surface area contributed by atoms with Crippen LogP contribution in [0, 0.1) is 5.92 Å². The molecule has 2 atom stereocenters. The summed E-state index contributed by atoms with van der Waals surface area (Å²) < 4.78 is 0. The second kappa shape index (κ2) is 3.97. The minimum Gasteiger partial charge on any atom is -0.393 e. The molecular formula is C11H23NO. The zero-order chi connectivity index (χ0) is 10.1. The van der Waals surface area contributed by atoms with Crippen LogP contribution < -0.4 is 0 Å². The van der Waals surface area contributed by atoms with Gasteiger partial charge in [-0.3, -0.25) is 4.90 Å². The Hall–Kier alpha value is -0.0800. The average Bonchev–Trinajstić information content (AvgIpc) is 2.14. The highest BCUT2D eigenvalue weighted by atomic mass is 16.3. The van der Waals surface area contributed by atoms with Crippen molar-refractivity contribution in [3.05, 3.63) is 0 Å². The van der Waals surface area contributed by atoms with Crippen molar-refractivity contribution in [3.8, 4) is 0 Å². The van der Waals surface area contributed by atoms with Crippen LogP contribution in [0.1, 0.15) is 40.5 Å². The van der Waals surface area contributed by atoms with Crippen molar-refractivity contribution < 1.29 is 5.11 Å². The zero-order valence-corrected chi connectivity index (χ0v) is 9.38. The number of nitrogens with zero attached hydrogens (tertiary/aromatic N) is 1. The number of hydrogen-bond acceptors (Lipinski definition) is 2. The first kappa shape index (κ1) is 11.0. The van der Waals surface area contributed by atoms with Crippen molar-refractivity contribution >= 4 is 0 Å². The molecule has 0 radical (unpaired) electrons. The van der Waals surface area contributed by atoms with E-state index in [1.165, 1.54) is 0 Å². The SMILES string of the molecule is C[C@H]1CCN(C(C)(C)C)CC[C@H]1O. The van der Waals surface area contributed by atoms with Crippen molar-refractivity contribution in [2.24, 2.45) is 5.92 Å². The fourth-order valence-electron chi connectivity index (χ4n) is 1.91. The van der Waals surface area contributed by atoms with Gasteiger partial charge >= 0.3 is 0 Å². The predicted molar refractivity (Wildman–Crippen MR) is 55.7 cm³/mol. The molecule has 1 rings (SSSR count). The van der Waals surface area contributed by atoms with E-state index in [-0.39, 0.29) is 11.6 Å². The summed E-state index contributed by atoms with van der Waals surface area (Å²) in [6.45, 7) is 11.0. The van der Waals surface area contributed by atoms with Crippen LogP contribution in [-0.4, -0.2) is 34.7 Å². The summed E-state index contributed by atoms with van der Waals surface area (Å²) in [5, 5.41) is 9.71. The van der Waals surface area contributed by atoms with Crippen molar-refractivity contribution in [1.82, 2.24) is 4.90 Å². The van der Waals surface area contributed by atoms with Crippen LogP contribution in [0.25, 0.3) is 0 Å². The van der Waals surface area contributed by atoms with Gasteiger partial charge in [0.1, 0.15) is 0 Å². The molecule has 1 saturated heterocycles. The monoisotopic (exact) mass is 185 g/mol. The lowest BCUT2D eigenvalue weighted by atomic mass is 10.0. The molecule has 1 N–H and O–H groups in total. The summed E-state index contributed by atoms with van der Waals surface area (Å²) in [6, 6.07) is 0. The van der Waals surface area contributed by atoms with Crippen molar-refractivity contribution in [2.45, 2.75) is 52.2 Å². The Labute approximate surface area is 81.9 Å². The molecule has 1 aliphatic heterocycles. The molecule has 0 aromatic heterocycles. The zero-order valence-electron chi connectivity index (χ0n) is 9.38. The molecule has 13 heavy (non-hydrogen) atoms. The lowest BCUT2D eigenvalue weighted by molar-refractivity contribution is 0.106. The molecule has 0 unspecified atom stereocenters. The van der Waals surface area contributed by atoms with E-state index in [0.29, 0.717) is 5.92 Å². The van der Waals surface area contributed by atoms with E-state index < -0.39 is 0 Å². The van der Waals surface area contributed by atoms with E-state index >= 15 is 0 Å². The fraction of sp³-hybridized carbons (Fsp3) is 1.00. The van der Waals surface area contributed by atoms with Gasteiger partial charge in [0.2, 0.25) is 0 Å². The molecule has 0 amide bonds. The van der Waals surface area contributed by atoms with Crippen LogP contribution in [0.2, 0.25) is 0 Å². The maximum absolute atomic E-state index is 9.71. The standard InChI is InChI=1S/C11H23NO/c1-9-5-7-12(11(2,3)4)8-6-10(9)13/h9-10,13H,5-8H2,1-4H3/t9-,10+/m0/s1. The van der Waals surface area contributed by atoms with Crippen LogP contribution in [0.4, 0.5) is 0 Å². The van der Waals surface area contributed by atoms with Gasteiger partial charge in [-0.2, -0.15) is 0 Å².